The van der Waals surface area contributed by atoms with Crippen molar-refractivity contribution >= 4 is 5.91 Å². The van der Waals surface area contributed by atoms with Crippen molar-refractivity contribution in [3.8, 4) is 0 Å². The summed E-state index contributed by atoms with van der Waals surface area (Å²) in [6, 6.07) is 0. The van der Waals surface area contributed by atoms with Crippen LogP contribution >= 0.6 is 0 Å². The molecule has 0 spiro atoms. The lowest BCUT2D eigenvalue weighted by Crippen LogP contribution is -2.53. The number of rotatable bonds is 1. The first kappa shape index (κ1) is 8.72. The molecule has 78 valence electrons. The fourth-order valence-electron chi connectivity index (χ4n) is 2.87. The van der Waals surface area contributed by atoms with Crippen molar-refractivity contribution in [2.24, 2.45) is 17.8 Å². The summed E-state index contributed by atoms with van der Waals surface area (Å²) < 4.78 is 0. The van der Waals surface area contributed by atoms with E-state index in [2.05, 4.69) is 10.2 Å². The van der Waals surface area contributed by atoms with Gasteiger partial charge in [-0.2, -0.15) is 0 Å². The van der Waals surface area contributed by atoms with Gasteiger partial charge in [-0.25, -0.2) is 0 Å². The smallest absolute Gasteiger partial charge is 0.225 e. The summed E-state index contributed by atoms with van der Waals surface area (Å²) in [6.07, 6.45) is 3.62. The first-order chi connectivity index (χ1) is 6.83. The van der Waals surface area contributed by atoms with Gasteiger partial charge < -0.3 is 10.2 Å². The average molecular weight is 194 g/mol. The zero-order valence-corrected chi connectivity index (χ0v) is 8.54. The summed E-state index contributed by atoms with van der Waals surface area (Å²) in [5.74, 6) is 2.30. The first-order valence-electron chi connectivity index (χ1n) is 5.82. The molecule has 1 N–H and O–H groups in total. The zero-order valence-electron chi connectivity index (χ0n) is 8.54. The molecule has 14 heavy (non-hydrogen) atoms. The van der Waals surface area contributed by atoms with Gasteiger partial charge in [0.1, 0.15) is 0 Å². The minimum Gasteiger partial charge on any atom is -0.342 e. The Balaban J connectivity index is 1.66. The van der Waals surface area contributed by atoms with E-state index in [-0.39, 0.29) is 0 Å². The van der Waals surface area contributed by atoms with Crippen LogP contribution in [0.2, 0.25) is 0 Å². The second-order valence-corrected chi connectivity index (χ2v) is 5.14. The highest BCUT2D eigenvalue weighted by Crippen LogP contribution is 2.33. The van der Waals surface area contributed by atoms with Gasteiger partial charge in [0.2, 0.25) is 5.91 Å². The number of hydrogen-bond donors (Lipinski definition) is 1. The predicted molar refractivity (Wildman–Crippen MR) is 53.8 cm³/mol. The topological polar surface area (TPSA) is 32.3 Å². The second kappa shape index (κ2) is 3.23. The summed E-state index contributed by atoms with van der Waals surface area (Å²) >= 11 is 0. The van der Waals surface area contributed by atoms with Crippen LogP contribution < -0.4 is 5.32 Å². The van der Waals surface area contributed by atoms with Crippen LogP contribution in [0.25, 0.3) is 0 Å². The molecule has 3 aliphatic rings. The normalized spacial score (nSPS) is 37.0. The third kappa shape index (κ3) is 1.54. The van der Waals surface area contributed by atoms with Gasteiger partial charge in [0.15, 0.2) is 0 Å². The van der Waals surface area contributed by atoms with E-state index in [1.54, 1.807) is 0 Å². The van der Waals surface area contributed by atoms with Crippen molar-refractivity contribution in [3.63, 3.8) is 0 Å². The minimum absolute atomic E-state index is 0.404. The van der Waals surface area contributed by atoms with Gasteiger partial charge >= 0.3 is 0 Å². The lowest BCUT2D eigenvalue weighted by molar-refractivity contribution is -0.136. The Kier molecular flexibility index (Phi) is 2.01. The summed E-state index contributed by atoms with van der Waals surface area (Å²) in [7, 11) is 0. The van der Waals surface area contributed by atoms with E-state index in [0.29, 0.717) is 11.8 Å². The Morgan fingerprint density at radius 1 is 1.14 bits per heavy atom. The lowest BCUT2D eigenvalue weighted by atomic mass is 9.85. The van der Waals surface area contributed by atoms with Crippen molar-refractivity contribution < 1.29 is 4.79 Å². The molecule has 1 amide bonds. The van der Waals surface area contributed by atoms with Gasteiger partial charge in [-0.15, -0.1) is 0 Å². The number of carbonyl (C=O) groups is 1. The number of likely N-dealkylation sites (tertiary alicyclic amines) is 1. The zero-order chi connectivity index (χ0) is 9.54. The van der Waals surface area contributed by atoms with Crippen LogP contribution in [0.15, 0.2) is 0 Å². The molecule has 2 heterocycles. The number of piperidine rings is 2. The van der Waals surface area contributed by atoms with E-state index in [1.807, 2.05) is 0 Å². The molecule has 1 aliphatic carbocycles. The minimum atomic E-state index is 0.404. The molecule has 2 unspecified atom stereocenters. The van der Waals surface area contributed by atoms with Crippen LogP contribution in [0.5, 0.6) is 0 Å². The Hall–Kier alpha value is -0.570. The molecular weight excluding hydrogens is 176 g/mol. The molecule has 2 saturated heterocycles. The number of amides is 1. The molecule has 2 bridgehead atoms. The number of fused-ring (bicyclic) bond motifs is 2. The van der Waals surface area contributed by atoms with Crippen molar-refractivity contribution in [1.82, 2.24) is 10.2 Å². The summed E-state index contributed by atoms with van der Waals surface area (Å²) in [6.45, 7) is 4.26. The number of hydrogen-bond acceptors (Lipinski definition) is 2. The van der Waals surface area contributed by atoms with Crippen LogP contribution in [0.1, 0.15) is 19.3 Å². The van der Waals surface area contributed by atoms with Gasteiger partial charge in [0.05, 0.1) is 0 Å². The predicted octanol–water partition coefficient (Wildman–Crippen LogP) is 0.464. The highest BCUT2D eigenvalue weighted by molar-refractivity contribution is 5.81. The highest BCUT2D eigenvalue weighted by atomic mass is 16.2. The number of carbonyl (C=O) groups excluding carboxylic acids is 1. The van der Waals surface area contributed by atoms with Gasteiger partial charge in [0, 0.05) is 19.0 Å². The fourth-order valence-corrected chi connectivity index (χ4v) is 2.87. The average Bonchev–Trinajstić information content (AvgIpc) is 2.99. The Bertz CT molecular complexity index is 238. The molecule has 3 fully saturated rings. The van der Waals surface area contributed by atoms with E-state index in [1.165, 1.54) is 6.42 Å². The largest absolute Gasteiger partial charge is 0.342 e. The molecule has 0 radical (unpaired) electrons. The monoisotopic (exact) mass is 194 g/mol. The molecule has 3 heteroatoms. The van der Waals surface area contributed by atoms with Gasteiger partial charge in [-0.05, 0) is 44.2 Å². The molecule has 0 aromatic rings. The van der Waals surface area contributed by atoms with E-state index in [0.717, 1.165) is 50.9 Å². The highest BCUT2D eigenvalue weighted by Gasteiger charge is 2.38. The summed E-state index contributed by atoms with van der Waals surface area (Å²) in [5.41, 5.74) is 0. The van der Waals surface area contributed by atoms with Crippen LogP contribution in [-0.4, -0.2) is 37.0 Å². The molecule has 2 aliphatic heterocycles. The maximum Gasteiger partial charge on any atom is 0.225 e. The Labute approximate surface area is 84.8 Å². The first-order valence-corrected chi connectivity index (χ1v) is 5.82. The summed E-state index contributed by atoms with van der Waals surface area (Å²) in [4.78, 5) is 14.0. The maximum atomic E-state index is 11.9. The molecule has 0 aromatic carbocycles. The molecule has 2 atom stereocenters. The number of nitrogens with one attached hydrogen (secondary N) is 1. The van der Waals surface area contributed by atoms with E-state index >= 15 is 0 Å². The number of nitrogens with zero attached hydrogens (tertiary/aromatic N) is 1. The molecular formula is C11H18N2O. The standard InChI is InChI=1S/C11H18N2O/c14-11(10-1-2-10)13-6-8-3-9(7-13)5-12-4-8/h8-10,12H,1-7H2. The SMILES string of the molecule is O=C(C1CC1)N1CC2CNCC(C2)C1. The summed E-state index contributed by atoms with van der Waals surface area (Å²) in [5, 5.41) is 3.45. The molecule has 3 rings (SSSR count). The van der Waals surface area contributed by atoms with Crippen LogP contribution in [0, 0.1) is 17.8 Å². The Morgan fingerprint density at radius 3 is 2.36 bits per heavy atom. The van der Waals surface area contributed by atoms with Crippen molar-refractivity contribution in [2.75, 3.05) is 26.2 Å². The molecule has 1 saturated carbocycles. The van der Waals surface area contributed by atoms with Gasteiger partial charge in [-0.1, -0.05) is 0 Å². The molecule has 0 aromatic heterocycles. The second-order valence-electron chi connectivity index (χ2n) is 5.14. The van der Waals surface area contributed by atoms with Crippen LogP contribution in [-0.2, 0) is 4.79 Å². The van der Waals surface area contributed by atoms with E-state index in [4.69, 9.17) is 0 Å². The third-order valence-corrected chi connectivity index (χ3v) is 3.73. The van der Waals surface area contributed by atoms with E-state index in [9.17, 15) is 4.79 Å². The Morgan fingerprint density at radius 2 is 1.79 bits per heavy atom. The fraction of sp³-hybridized carbons (Fsp3) is 0.909. The van der Waals surface area contributed by atoms with Gasteiger partial charge in [-0.3, -0.25) is 4.79 Å². The van der Waals surface area contributed by atoms with Crippen molar-refractivity contribution in [3.05, 3.63) is 0 Å². The maximum absolute atomic E-state index is 11.9. The third-order valence-electron chi connectivity index (χ3n) is 3.73. The van der Waals surface area contributed by atoms with Crippen molar-refractivity contribution in [2.45, 2.75) is 19.3 Å². The van der Waals surface area contributed by atoms with Crippen molar-refractivity contribution in [1.29, 1.82) is 0 Å². The van der Waals surface area contributed by atoms with E-state index < -0.39 is 0 Å². The lowest BCUT2D eigenvalue weighted by Gasteiger charge is -2.41. The quantitative estimate of drug-likeness (QED) is 0.658. The van der Waals surface area contributed by atoms with Crippen LogP contribution in [0.3, 0.4) is 0 Å². The van der Waals surface area contributed by atoms with Crippen LogP contribution in [0.4, 0.5) is 0 Å². The van der Waals surface area contributed by atoms with Gasteiger partial charge in [0.25, 0.3) is 0 Å². The molecule has 3 nitrogen and oxygen atoms in total.